The molecule has 1 aliphatic rings. The molecule has 6 rings (SSSR count). The third-order valence-corrected chi connectivity index (χ3v) is 6.67. The first-order chi connectivity index (χ1) is 17.4. The molecule has 0 bridgehead atoms. The second-order valence-corrected chi connectivity index (χ2v) is 8.92. The average molecular weight is 486 g/mol. The molecule has 2 aromatic carbocycles. The van der Waals surface area contributed by atoms with Gasteiger partial charge in [-0.25, -0.2) is 18.7 Å². The molecule has 0 aliphatic carbocycles. The average Bonchev–Trinajstić information content (AvgIpc) is 3.50. The molecule has 0 saturated carbocycles. The number of rotatable bonds is 3. The van der Waals surface area contributed by atoms with E-state index in [4.69, 9.17) is 19.7 Å². The molecular formula is C26H20F2N6O2. The summed E-state index contributed by atoms with van der Waals surface area (Å²) in [4.78, 5) is 11.3. The van der Waals surface area contributed by atoms with Crippen LogP contribution in [0.25, 0.3) is 44.5 Å². The number of pyridine rings is 1. The zero-order valence-corrected chi connectivity index (χ0v) is 19.3. The van der Waals surface area contributed by atoms with E-state index in [1.165, 1.54) is 30.7 Å². The maximum Gasteiger partial charge on any atom is 0.182 e. The van der Waals surface area contributed by atoms with Crippen molar-refractivity contribution in [2.24, 2.45) is 5.73 Å². The predicted molar refractivity (Wildman–Crippen MR) is 129 cm³/mol. The molecule has 3 aromatic heterocycles. The Labute approximate surface area is 203 Å². The summed E-state index contributed by atoms with van der Waals surface area (Å²) in [6.45, 7) is 3.05. The van der Waals surface area contributed by atoms with Crippen molar-refractivity contribution in [1.29, 1.82) is 5.26 Å². The fraction of sp³-hybridized carbons (Fsp3) is 0.231. The van der Waals surface area contributed by atoms with Crippen molar-refractivity contribution in [2.75, 3.05) is 18.0 Å². The lowest BCUT2D eigenvalue weighted by atomic mass is 9.95. The van der Waals surface area contributed by atoms with Gasteiger partial charge in [-0.05, 0) is 44.0 Å². The number of nitrogens with two attached hydrogens (primary N) is 1. The Balaban J connectivity index is 1.66. The summed E-state index contributed by atoms with van der Waals surface area (Å²) in [6, 6.07) is 8.99. The van der Waals surface area contributed by atoms with E-state index in [0.717, 1.165) is 12.8 Å². The SMILES string of the molecule is Cc1noc2cc(-c3c(-c4ccc(C#N)c(F)c4)nc(N4CCC(N)CC4)c4ncoc34)c(F)cc12. The molecule has 1 saturated heterocycles. The molecule has 8 nitrogen and oxygen atoms in total. The van der Waals surface area contributed by atoms with E-state index >= 15 is 4.39 Å². The number of halogens is 2. The fourth-order valence-electron chi connectivity index (χ4n) is 4.72. The van der Waals surface area contributed by atoms with Crippen LogP contribution < -0.4 is 10.6 Å². The molecule has 180 valence electrons. The molecule has 5 aromatic rings. The van der Waals surface area contributed by atoms with Gasteiger partial charge in [0, 0.05) is 35.6 Å². The first kappa shape index (κ1) is 22.1. The molecular weight excluding hydrogens is 466 g/mol. The topological polar surface area (TPSA) is 118 Å². The number of oxazole rings is 1. The lowest BCUT2D eigenvalue weighted by Gasteiger charge is -2.31. The van der Waals surface area contributed by atoms with E-state index in [0.29, 0.717) is 63.5 Å². The Morgan fingerprint density at radius 2 is 1.94 bits per heavy atom. The number of aromatic nitrogens is 3. The van der Waals surface area contributed by atoms with E-state index in [9.17, 15) is 9.65 Å². The third-order valence-electron chi connectivity index (χ3n) is 6.67. The van der Waals surface area contributed by atoms with Gasteiger partial charge in [0.25, 0.3) is 0 Å². The Bertz CT molecular complexity index is 1680. The number of hydrogen-bond donors (Lipinski definition) is 1. The Kier molecular flexibility index (Phi) is 5.16. The van der Waals surface area contributed by atoms with Crippen molar-refractivity contribution >= 4 is 27.9 Å². The summed E-state index contributed by atoms with van der Waals surface area (Å²) in [7, 11) is 0. The lowest BCUT2D eigenvalue weighted by molar-refractivity contribution is 0.450. The Morgan fingerprint density at radius 3 is 2.69 bits per heavy atom. The molecule has 0 radical (unpaired) electrons. The number of hydrogen-bond acceptors (Lipinski definition) is 8. The van der Waals surface area contributed by atoms with Gasteiger partial charge in [-0.2, -0.15) is 5.26 Å². The first-order valence-electron chi connectivity index (χ1n) is 11.5. The summed E-state index contributed by atoms with van der Waals surface area (Å²) < 4.78 is 41.5. The second-order valence-electron chi connectivity index (χ2n) is 8.92. The molecule has 4 heterocycles. The van der Waals surface area contributed by atoms with Crippen molar-refractivity contribution < 1.29 is 17.7 Å². The largest absolute Gasteiger partial charge is 0.443 e. The minimum absolute atomic E-state index is 0.101. The normalized spacial score (nSPS) is 14.6. The molecule has 0 unspecified atom stereocenters. The van der Waals surface area contributed by atoms with Gasteiger partial charge in [0.1, 0.15) is 17.7 Å². The van der Waals surface area contributed by atoms with E-state index in [1.807, 2.05) is 6.07 Å². The zero-order valence-electron chi connectivity index (χ0n) is 19.3. The number of fused-ring (bicyclic) bond motifs is 2. The standard InChI is InChI=1S/C26H20F2N6O2/c1-13-17-9-20(28)18(10-21(17)36-33-13)22-23(14-2-3-15(11-29)19(27)8-14)32-26(24-25(22)35-12-31-24)34-6-4-16(30)5-7-34/h2-3,8-10,12,16H,4-7,30H2,1H3. The van der Waals surface area contributed by atoms with Crippen LogP contribution in [0.2, 0.25) is 0 Å². The fourth-order valence-corrected chi connectivity index (χ4v) is 4.72. The van der Waals surface area contributed by atoms with Crippen molar-refractivity contribution in [3.05, 3.63) is 59.6 Å². The smallest absolute Gasteiger partial charge is 0.182 e. The molecule has 36 heavy (non-hydrogen) atoms. The maximum absolute atomic E-state index is 15.6. The summed E-state index contributed by atoms with van der Waals surface area (Å²) in [6.07, 6.45) is 2.84. The lowest BCUT2D eigenvalue weighted by Crippen LogP contribution is -2.40. The highest BCUT2D eigenvalue weighted by Crippen LogP contribution is 2.43. The number of aryl methyl sites for hydroxylation is 1. The Hall–Kier alpha value is -4.36. The maximum atomic E-state index is 15.6. The van der Waals surface area contributed by atoms with E-state index in [1.54, 1.807) is 13.0 Å². The summed E-state index contributed by atoms with van der Waals surface area (Å²) in [5.41, 5.74) is 8.83. The zero-order chi connectivity index (χ0) is 25.0. The van der Waals surface area contributed by atoms with Crippen LogP contribution in [0.4, 0.5) is 14.6 Å². The van der Waals surface area contributed by atoms with Crippen molar-refractivity contribution in [2.45, 2.75) is 25.8 Å². The predicted octanol–water partition coefficient (Wildman–Crippen LogP) is 5.08. The van der Waals surface area contributed by atoms with Crippen LogP contribution in [0.3, 0.4) is 0 Å². The number of piperidine rings is 1. The molecule has 0 spiro atoms. The van der Waals surface area contributed by atoms with Gasteiger partial charge in [0.05, 0.1) is 22.5 Å². The van der Waals surface area contributed by atoms with E-state index < -0.39 is 11.6 Å². The van der Waals surface area contributed by atoms with Crippen LogP contribution in [-0.2, 0) is 0 Å². The number of nitriles is 1. The molecule has 10 heteroatoms. The van der Waals surface area contributed by atoms with Crippen LogP contribution in [0.1, 0.15) is 24.1 Å². The van der Waals surface area contributed by atoms with Crippen LogP contribution in [-0.4, -0.2) is 34.3 Å². The highest BCUT2D eigenvalue weighted by Gasteiger charge is 2.28. The third kappa shape index (κ3) is 3.48. The summed E-state index contributed by atoms with van der Waals surface area (Å²) in [5, 5.41) is 13.7. The Morgan fingerprint density at radius 1 is 1.14 bits per heavy atom. The van der Waals surface area contributed by atoms with Gasteiger partial charge >= 0.3 is 0 Å². The van der Waals surface area contributed by atoms with Gasteiger partial charge in [-0.1, -0.05) is 11.2 Å². The van der Waals surface area contributed by atoms with Crippen LogP contribution in [0.15, 0.2) is 45.7 Å². The first-order valence-corrected chi connectivity index (χ1v) is 11.5. The minimum Gasteiger partial charge on any atom is -0.443 e. The van der Waals surface area contributed by atoms with Crippen molar-refractivity contribution in [3.8, 4) is 28.5 Å². The summed E-state index contributed by atoms with van der Waals surface area (Å²) >= 11 is 0. The second kappa shape index (κ2) is 8.39. The highest BCUT2D eigenvalue weighted by molar-refractivity contribution is 6.04. The molecule has 2 N–H and O–H groups in total. The van der Waals surface area contributed by atoms with Gasteiger partial charge in [0.2, 0.25) is 0 Å². The van der Waals surface area contributed by atoms with Gasteiger partial charge < -0.3 is 19.6 Å². The minimum atomic E-state index is -0.701. The van der Waals surface area contributed by atoms with Gasteiger partial charge in [0.15, 0.2) is 28.9 Å². The van der Waals surface area contributed by atoms with E-state index in [-0.39, 0.29) is 17.2 Å². The highest BCUT2D eigenvalue weighted by atomic mass is 19.1. The number of anilines is 1. The monoisotopic (exact) mass is 486 g/mol. The van der Waals surface area contributed by atoms with Crippen LogP contribution in [0.5, 0.6) is 0 Å². The van der Waals surface area contributed by atoms with E-state index in [2.05, 4.69) is 15.0 Å². The molecule has 0 amide bonds. The van der Waals surface area contributed by atoms with Crippen LogP contribution in [0, 0.1) is 29.9 Å². The van der Waals surface area contributed by atoms with Gasteiger partial charge in [-0.3, -0.25) is 0 Å². The van der Waals surface area contributed by atoms with Gasteiger partial charge in [-0.15, -0.1) is 0 Å². The number of nitrogens with zero attached hydrogens (tertiary/aromatic N) is 5. The van der Waals surface area contributed by atoms with Crippen molar-refractivity contribution in [1.82, 2.24) is 15.1 Å². The number of benzene rings is 2. The molecule has 1 fully saturated rings. The van der Waals surface area contributed by atoms with Crippen molar-refractivity contribution in [3.63, 3.8) is 0 Å². The molecule has 1 aliphatic heterocycles. The quantitative estimate of drug-likeness (QED) is 0.375. The summed E-state index contributed by atoms with van der Waals surface area (Å²) in [5.74, 6) is -0.695. The van der Waals surface area contributed by atoms with Crippen LogP contribution >= 0.6 is 0 Å². The molecule has 0 atom stereocenters.